The van der Waals surface area contributed by atoms with Gasteiger partial charge >= 0.3 is 0 Å². The number of halogens is 1. The van der Waals surface area contributed by atoms with Crippen molar-refractivity contribution in [1.82, 2.24) is 15.1 Å². The Kier molecular flexibility index (Phi) is 4.67. The molecule has 0 amide bonds. The lowest BCUT2D eigenvalue weighted by Crippen LogP contribution is -2.16. The molecule has 3 nitrogen and oxygen atoms in total. The summed E-state index contributed by atoms with van der Waals surface area (Å²) in [6, 6.07) is 2.77. The average Bonchev–Trinajstić information content (AvgIpc) is 2.94. The summed E-state index contributed by atoms with van der Waals surface area (Å²) in [5, 5.41) is 7.96. The van der Waals surface area contributed by atoms with Gasteiger partial charge in [0.15, 0.2) is 0 Å². The minimum absolute atomic E-state index is 0.650. The van der Waals surface area contributed by atoms with Gasteiger partial charge in [0.25, 0.3) is 0 Å². The van der Waals surface area contributed by atoms with Crippen molar-refractivity contribution in [3.63, 3.8) is 0 Å². The van der Waals surface area contributed by atoms with Gasteiger partial charge in [0.1, 0.15) is 0 Å². The molecule has 0 saturated heterocycles. The lowest BCUT2D eigenvalue weighted by atomic mass is 10.3. The van der Waals surface area contributed by atoms with E-state index in [4.69, 9.17) is 11.6 Å². The lowest BCUT2D eigenvalue weighted by molar-refractivity contribution is 0.461. The highest BCUT2D eigenvalue weighted by molar-refractivity contribution is 6.17. The minimum atomic E-state index is 0.650. The largest absolute Gasteiger partial charge is 0.311 e. The summed E-state index contributed by atoms with van der Waals surface area (Å²) in [5.41, 5.74) is 1.14. The Morgan fingerprint density at radius 1 is 1.44 bits per heavy atom. The summed E-state index contributed by atoms with van der Waals surface area (Å²) in [5.74, 6) is 0.726. The van der Waals surface area contributed by atoms with Gasteiger partial charge in [-0.1, -0.05) is 12.8 Å². The first-order valence-corrected chi connectivity index (χ1v) is 6.74. The minimum Gasteiger partial charge on any atom is -0.311 e. The molecule has 1 heterocycles. The molecular weight excluding hydrogens is 222 g/mol. The monoisotopic (exact) mass is 241 g/mol. The van der Waals surface area contributed by atoms with Crippen LogP contribution in [-0.2, 0) is 6.54 Å². The highest BCUT2D eigenvalue weighted by atomic mass is 35.5. The molecule has 1 aromatic heterocycles. The second-order valence-corrected chi connectivity index (χ2v) is 4.82. The highest BCUT2D eigenvalue weighted by Crippen LogP contribution is 2.28. The van der Waals surface area contributed by atoms with Gasteiger partial charge in [-0.15, -0.1) is 11.6 Å². The summed E-state index contributed by atoms with van der Waals surface area (Å²) < 4.78 is 2.14. The van der Waals surface area contributed by atoms with Crippen LogP contribution >= 0.6 is 11.6 Å². The van der Waals surface area contributed by atoms with E-state index < -0.39 is 0 Å². The number of nitrogens with zero attached hydrogens (tertiary/aromatic N) is 2. The van der Waals surface area contributed by atoms with E-state index in [9.17, 15) is 0 Å². The molecule has 90 valence electrons. The maximum absolute atomic E-state index is 5.61. The maximum atomic E-state index is 5.61. The Hall–Kier alpha value is -0.540. The third-order valence-electron chi connectivity index (χ3n) is 3.16. The normalized spacial score (nSPS) is 17.1. The van der Waals surface area contributed by atoms with E-state index in [2.05, 4.69) is 27.4 Å². The maximum Gasteiger partial charge on any atom is 0.0762 e. The Morgan fingerprint density at radius 3 is 3.00 bits per heavy atom. The van der Waals surface area contributed by atoms with E-state index in [0.29, 0.717) is 6.04 Å². The van der Waals surface area contributed by atoms with Gasteiger partial charge in [-0.2, -0.15) is 5.10 Å². The molecule has 0 aliphatic heterocycles. The van der Waals surface area contributed by atoms with Crippen LogP contribution in [0.15, 0.2) is 12.3 Å². The van der Waals surface area contributed by atoms with Gasteiger partial charge in [0.05, 0.1) is 11.7 Å². The smallest absolute Gasteiger partial charge is 0.0762 e. The molecule has 4 heteroatoms. The SMILES string of the molecule is ClCCCNCc1ccn(C2CCCC2)n1. The number of aromatic nitrogens is 2. The fraction of sp³-hybridized carbons (Fsp3) is 0.750. The zero-order chi connectivity index (χ0) is 11.2. The van der Waals surface area contributed by atoms with Gasteiger partial charge in [-0.05, 0) is 31.9 Å². The second-order valence-electron chi connectivity index (χ2n) is 4.44. The first-order chi connectivity index (χ1) is 7.90. The number of rotatable bonds is 6. The van der Waals surface area contributed by atoms with E-state index in [1.165, 1.54) is 25.7 Å². The van der Waals surface area contributed by atoms with Crippen LogP contribution < -0.4 is 5.32 Å². The summed E-state index contributed by atoms with van der Waals surface area (Å²) in [6.45, 7) is 1.83. The first-order valence-electron chi connectivity index (χ1n) is 6.21. The van der Waals surface area contributed by atoms with Crippen LogP contribution in [0, 0.1) is 0 Å². The van der Waals surface area contributed by atoms with Crippen LogP contribution in [0.5, 0.6) is 0 Å². The summed E-state index contributed by atoms with van der Waals surface area (Å²) >= 11 is 5.61. The molecule has 0 spiro atoms. The number of hydrogen-bond acceptors (Lipinski definition) is 2. The van der Waals surface area contributed by atoms with Crippen LogP contribution in [0.4, 0.5) is 0 Å². The fourth-order valence-corrected chi connectivity index (χ4v) is 2.39. The van der Waals surface area contributed by atoms with Crippen molar-refractivity contribution in [2.75, 3.05) is 12.4 Å². The zero-order valence-electron chi connectivity index (χ0n) is 9.66. The third kappa shape index (κ3) is 3.22. The number of hydrogen-bond donors (Lipinski definition) is 1. The molecule has 1 fully saturated rings. The zero-order valence-corrected chi connectivity index (χ0v) is 10.4. The molecule has 1 aromatic rings. The van der Waals surface area contributed by atoms with Crippen molar-refractivity contribution >= 4 is 11.6 Å². The number of alkyl halides is 1. The van der Waals surface area contributed by atoms with Gasteiger partial charge in [0, 0.05) is 18.6 Å². The van der Waals surface area contributed by atoms with Gasteiger partial charge in [-0.3, -0.25) is 4.68 Å². The predicted molar refractivity (Wildman–Crippen MR) is 66.8 cm³/mol. The van der Waals surface area contributed by atoms with Crippen LogP contribution in [0.2, 0.25) is 0 Å². The Labute approximate surface area is 102 Å². The quantitative estimate of drug-likeness (QED) is 0.613. The van der Waals surface area contributed by atoms with E-state index in [0.717, 1.165) is 31.1 Å². The molecule has 2 rings (SSSR count). The van der Waals surface area contributed by atoms with Crippen LogP contribution in [-0.4, -0.2) is 22.2 Å². The van der Waals surface area contributed by atoms with Crippen molar-refractivity contribution in [3.8, 4) is 0 Å². The first kappa shape index (κ1) is 11.9. The van der Waals surface area contributed by atoms with Gasteiger partial charge < -0.3 is 5.32 Å². The van der Waals surface area contributed by atoms with Crippen LogP contribution in [0.25, 0.3) is 0 Å². The fourth-order valence-electron chi connectivity index (χ4n) is 2.25. The van der Waals surface area contributed by atoms with E-state index >= 15 is 0 Å². The van der Waals surface area contributed by atoms with Crippen LogP contribution in [0.3, 0.4) is 0 Å². The second kappa shape index (κ2) is 6.26. The van der Waals surface area contributed by atoms with Crippen molar-refractivity contribution in [2.45, 2.75) is 44.7 Å². The molecule has 1 N–H and O–H groups in total. The van der Waals surface area contributed by atoms with Gasteiger partial charge in [-0.25, -0.2) is 0 Å². The molecule has 1 saturated carbocycles. The molecular formula is C12H20ClN3. The summed E-state index contributed by atoms with van der Waals surface area (Å²) in [6.07, 6.45) is 8.43. The predicted octanol–water partition coefficient (Wildman–Crippen LogP) is 2.72. The van der Waals surface area contributed by atoms with Crippen molar-refractivity contribution in [2.24, 2.45) is 0 Å². The van der Waals surface area contributed by atoms with Crippen molar-refractivity contribution < 1.29 is 0 Å². The molecule has 1 aliphatic rings. The molecule has 0 atom stereocenters. The molecule has 1 aliphatic carbocycles. The molecule has 0 bridgehead atoms. The topological polar surface area (TPSA) is 29.9 Å². The molecule has 0 radical (unpaired) electrons. The summed E-state index contributed by atoms with van der Waals surface area (Å²) in [7, 11) is 0. The van der Waals surface area contributed by atoms with Crippen molar-refractivity contribution in [1.29, 1.82) is 0 Å². The summed E-state index contributed by atoms with van der Waals surface area (Å²) in [4.78, 5) is 0. The number of nitrogens with one attached hydrogen (secondary N) is 1. The highest BCUT2D eigenvalue weighted by Gasteiger charge is 2.17. The van der Waals surface area contributed by atoms with Crippen LogP contribution in [0.1, 0.15) is 43.8 Å². The Bertz CT molecular complexity index is 305. The van der Waals surface area contributed by atoms with E-state index in [1.54, 1.807) is 0 Å². The molecule has 0 aromatic carbocycles. The Balaban J connectivity index is 1.77. The average molecular weight is 242 g/mol. The van der Waals surface area contributed by atoms with E-state index in [-0.39, 0.29) is 0 Å². The molecule has 16 heavy (non-hydrogen) atoms. The standard InChI is InChI=1S/C12H20ClN3/c13-7-3-8-14-10-11-6-9-16(15-11)12-4-1-2-5-12/h6,9,12,14H,1-5,7-8,10H2. The van der Waals surface area contributed by atoms with Gasteiger partial charge in [0.2, 0.25) is 0 Å². The Morgan fingerprint density at radius 2 is 2.25 bits per heavy atom. The third-order valence-corrected chi connectivity index (χ3v) is 3.42. The van der Waals surface area contributed by atoms with Crippen molar-refractivity contribution in [3.05, 3.63) is 18.0 Å². The lowest BCUT2D eigenvalue weighted by Gasteiger charge is -2.08. The molecule has 0 unspecified atom stereocenters. The van der Waals surface area contributed by atoms with E-state index in [1.807, 2.05) is 0 Å².